The Labute approximate surface area is 76.3 Å². The van der Waals surface area contributed by atoms with Crippen molar-refractivity contribution in [3.8, 4) is 11.5 Å². The first kappa shape index (κ1) is 9.96. The molecule has 13 heavy (non-hydrogen) atoms. The van der Waals surface area contributed by atoms with Gasteiger partial charge in [0, 0.05) is 12.5 Å². The molecule has 1 aromatic carbocycles. The second kappa shape index (κ2) is 4.21. The number of aromatic hydroxyl groups is 2. The van der Waals surface area contributed by atoms with Crippen LogP contribution in [0.15, 0.2) is 18.2 Å². The summed E-state index contributed by atoms with van der Waals surface area (Å²) in [6, 6.07) is 4.12. The Morgan fingerprint density at radius 3 is 2.15 bits per heavy atom. The lowest BCUT2D eigenvalue weighted by Crippen LogP contribution is -1.87. The molecule has 0 aliphatic carbocycles. The number of benzene rings is 1. The van der Waals surface area contributed by atoms with E-state index in [1.54, 1.807) is 0 Å². The average molecular weight is 201 g/mol. The third-order valence-electron chi connectivity index (χ3n) is 1.55. The molecule has 0 saturated carbocycles. The van der Waals surface area contributed by atoms with Gasteiger partial charge in [-0.1, -0.05) is 0 Å². The summed E-state index contributed by atoms with van der Waals surface area (Å²) >= 11 is 0. The van der Waals surface area contributed by atoms with Gasteiger partial charge in [0.1, 0.15) is 11.5 Å². The number of hydrogen-bond acceptors (Lipinski definition) is 3. The Kier molecular flexibility index (Phi) is 3.23. The highest BCUT2D eigenvalue weighted by atomic mass is 31.1. The maximum absolute atomic E-state index is 10.4. The average Bonchev–Trinajstić information content (AvgIpc) is 1.99. The highest BCUT2D eigenvalue weighted by molar-refractivity contribution is 7.37. The molecule has 70 valence electrons. The molecule has 0 fully saturated rings. The topological polar surface area (TPSA) is 77.8 Å². The Morgan fingerprint density at radius 1 is 1.15 bits per heavy atom. The van der Waals surface area contributed by atoms with Gasteiger partial charge in [-0.2, -0.15) is 4.89 Å². The van der Waals surface area contributed by atoms with Gasteiger partial charge in [-0.05, 0) is 22.3 Å². The number of hydrogen-bond donors (Lipinski definition) is 3. The lowest BCUT2D eigenvalue weighted by molar-refractivity contribution is 0.449. The molecule has 1 unspecified atom stereocenters. The first-order valence-corrected chi connectivity index (χ1v) is 5.13. The fourth-order valence-corrected chi connectivity index (χ4v) is 1.47. The van der Waals surface area contributed by atoms with Gasteiger partial charge >= 0.3 is 8.03 Å². The molecule has 0 amide bonds. The van der Waals surface area contributed by atoms with Gasteiger partial charge in [-0.25, -0.2) is 0 Å². The first-order chi connectivity index (χ1) is 6.08. The molecule has 0 saturated heterocycles. The molecule has 0 spiro atoms. The normalized spacial score (nSPS) is 11.3. The van der Waals surface area contributed by atoms with Crippen molar-refractivity contribution in [2.75, 3.05) is 6.16 Å². The van der Waals surface area contributed by atoms with E-state index in [1.807, 2.05) is 0 Å². The monoisotopic (exact) mass is 201 g/mol. The summed E-state index contributed by atoms with van der Waals surface area (Å²) in [5.74, 6) is -0.0775. The molecule has 0 aromatic heterocycles. The van der Waals surface area contributed by atoms with Crippen molar-refractivity contribution < 1.29 is 19.7 Å². The van der Waals surface area contributed by atoms with Gasteiger partial charge in [0.15, 0.2) is 6.16 Å². The zero-order valence-corrected chi connectivity index (χ0v) is 7.74. The van der Waals surface area contributed by atoms with Gasteiger partial charge < -0.3 is 10.2 Å². The van der Waals surface area contributed by atoms with Crippen LogP contribution in [0.4, 0.5) is 0 Å². The Balaban J connectivity index is 2.71. The zero-order chi connectivity index (χ0) is 9.84. The van der Waals surface area contributed by atoms with E-state index in [-0.39, 0.29) is 17.7 Å². The predicted molar refractivity (Wildman–Crippen MR) is 48.2 cm³/mol. The van der Waals surface area contributed by atoms with Crippen LogP contribution in [0, 0.1) is 0 Å². The number of phenols is 2. The van der Waals surface area contributed by atoms with E-state index in [4.69, 9.17) is 15.1 Å². The van der Waals surface area contributed by atoms with Gasteiger partial charge in [-0.15, -0.1) is 0 Å². The minimum Gasteiger partial charge on any atom is -0.508 e. The van der Waals surface area contributed by atoms with Gasteiger partial charge in [0.05, 0.1) is 0 Å². The summed E-state index contributed by atoms with van der Waals surface area (Å²) in [5.41, 5.74) is 0.648. The van der Waals surface area contributed by atoms with E-state index in [0.717, 1.165) is 0 Å². The fourth-order valence-electron chi connectivity index (χ4n) is 1.03. The van der Waals surface area contributed by atoms with Crippen molar-refractivity contribution in [2.45, 2.75) is 6.42 Å². The Morgan fingerprint density at radius 2 is 1.69 bits per heavy atom. The lowest BCUT2D eigenvalue weighted by atomic mass is 10.1. The lowest BCUT2D eigenvalue weighted by Gasteiger charge is -1.98. The Hall–Kier alpha value is -1.12. The van der Waals surface area contributed by atoms with E-state index in [2.05, 4.69) is 0 Å². The quantitative estimate of drug-likeness (QED) is 0.645. The van der Waals surface area contributed by atoms with Crippen molar-refractivity contribution in [1.29, 1.82) is 0 Å². The smallest absolute Gasteiger partial charge is 0.505 e. The fraction of sp³-hybridized carbons (Fsp3) is 0.250. The number of phenolic OH excluding ortho intramolecular Hbond substituents is 2. The minimum absolute atomic E-state index is 0.0387. The van der Waals surface area contributed by atoms with Crippen LogP contribution in [0.1, 0.15) is 5.56 Å². The summed E-state index contributed by atoms with van der Waals surface area (Å²) in [7, 11) is -2.16. The molecule has 0 bridgehead atoms. The van der Waals surface area contributed by atoms with Crippen LogP contribution in [0.5, 0.6) is 11.5 Å². The van der Waals surface area contributed by atoms with Gasteiger partial charge in [0.25, 0.3) is 0 Å². The summed E-state index contributed by atoms with van der Waals surface area (Å²) in [6.07, 6.45) is 0.506. The summed E-state index contributed by atoms with van der Waals surface area (Å²) in [5, 5.41) is 18.1. The Bertz CT molecular complexity index is 304. The van der Waals surface area contributed by atoms with Crippen LogP contribution in [0.2, 0.25) is 0 Å². The van der Waals surface area contributed by atoms with Gasteiger partial charge in [-0.3, -0.25) is 0 Å². The van der Waals surface area contributed by atoms with Gasteiger partial charge in [0.2, 0.25) is 0 Å². The highest BCUT2D eigenvalue weighted by Gasteiger charge is 2.10. The molecule has 4 nitrogen and oxygen atoms in total. The maximum Gasteiger partial charge on any atom is 0.505 e. The second-order valence-corrected chi connectivity index (χ2v) is 3.83. The van der Waals surface area contributed by atoms with Crippen LogP contribution < -0.4 is 0 Å². The van der Waals surface area contributed by atoms with Crippen LogP contribution in [-0.2, 0) is 11.0 Å². The van der Waals surface area contributed by atoms with E-state index >= 15 is 0 Å². The highest BCUT2D eigenvalue weighted by Crippen LogP contribution is 2.23. The molecule has 0 aliphatic heterocycles. The third-order valence-corrected chi connectivity index (χ3v) is 2.16. The van der Waals surface area contributed by atoms with Crippen molar-refractivity contribution in [2.24, 2.45) is 0 Å². The van der Waals surface area contributed by atoms with Crippen LogP contribution in [0.3, 0.4) is 0 Å². The molecule has 5 heteroatoms. The van der Waals surface area contributed by atoms with Crippen molar-refractivity contribution >= 4 is 8.03 Å². The first-order valence-electron chi connectivity index (χ1n) is 3.73. The van der Waals surface area contributed by atoms with Crippen molar-refractivity contribution in [1.82, 2.24) is 0 Å². The number of rotatable bonds is 3. The van der Waals surface area contributed by atoms with Crippen LogP contribution in [0.25, 0.3) is 0 Å². The van der Waals surface area contributed by atoms with Crippen molar-refractivity contribution in [3.05, 3.63) is 23.8 Å². The molecule has 3 N–H and O–H groups in total. The third kappa shape index (κ3) is 3.40. The van der Waals surface area contributed by atoms with E-state index in [9.17, 15) is 4.57 Å². The largest absolute Gasteiger partial charge is 0.508 e. The standard InChI is InChI=1S/C8H9O4P/c9-7-3-6(1-2-13(11)12)4-8(10)5-7/h3-5H,1-2H2,(H2-,9,10,11,12)/p+1. The van der Waals surface area contributed by atoms with Crippen LogP contribution >= 0.6 is 8.03 Å². The summed E-state index contributed by atoms with van der Waals surface area (Å²) < 4.78 is 10.4. The molecule has 0 heterocycles. The predicted octanol–water partition coefficient (Wildman–Crippen LogP) is 1.38. The molecular weight excluding hydrogens is 191 g/mol. The second-order valence-electron chi connectivity index (χ2n) is 2.68. The van der Waals surface area contributed by atoms with E-state index in [0.29, 0.717) is 12.0 Å². The van der Waals surface area contributed by atoms with E-state index < -0.39 is 8.03 Å². The maximum atomic E-state index is 10.4. The molecule has 0 aliphatic rings. The van der Waals surface area contributed by atoms with Crippen molar-refractivity contribution in [3.63, 3.8) is 0 Å². The van der Waals surface area contributed by atoms with Crippen LogP contribution in [-0.4, -0.2) is 21.3 Å². The zero-order valence-electron chi connectivity index (χ0n) is 6.84. The minimum atomic E-state index is -2.16. The van der Waals surface area contributed by atoms with E-state index in [1.165, 1.54) is 18.2 Å². The summed E-state index contributed by atoms with van der Waals surface area (Å²) in [4.78, 5) is 8.54. The molecule has 1 aromatic rings. The molecule has 1 atom stereocenters. The molecular formula is C8H10O4P+. The SMILES string of the molecule is O=[P+](O)CCc1cc(O)cc(O)c1. The molecule has 1 rings (SSSR count). The summed E-state index contributed by atoms with van der Waals surface area (Å²) in [6.45, 7) is 0. The number of aryl methyl sites for hydroxylation is 1. The molecule has 0 radical (unpaired) electrons.